The molecule has 0 aliphatic carbocycles. The average Bonchev–Trinajstić information content (AvgIpc) is 3.57. The number of aromatic amines is 1. The van der Waals surface area contributed by atoms with Gasteiger partial charge >= 0.3 is 0 Å². The van der Waals surface area contributed by atoms with Gasteiger partial charge in [0.05, 0.1) is 49.5 Å². The van der Waals surface area contributed by atoms with E-state index in [2.05, 4.69) is 39.8 Å². The first kappa shape index (κ1) is 23.0. The SMILES string of the molecule is COc1cncc(-c2ncc(-c3ccnc(Nc4cccc(OCCCn5cnc(C)c5)c4)n3)[nH]2)c1. The number of nitrogens with one attached hydrogen (secondary N) is 2. The molecule has 0 amide bonds. The van der Waals surface area contributed by atoms with E-state index in [-0.39, 0.29) is 0 Å². The van der Waals surface area contributed by atoms with Crippen molar-refractivity contribution in [2.24, 2.45) is 0 Å². The van der Waals surface area contributed by atoms with Gasteiger partial charge in [0.2, 0.25) is 5.95 Å². The molecule has 0 spiro atoms. The Kier molecular flexibility index (Phi) is 6.83. The van der Waals surface area contributed by atoms with E-state index in [4.69, 9.17) is 9.47 Å². The van der Waals surface area contributed by atoms with Gasteiger partial charge in [-0.1, -0.05) is 6.07 Å². The number of anilines is 2. The van der Waals surface area contributed by atoms with Crippen LogP contribution in [0.3, 0.4) is 0 Å². The van der Waals surface area contributed by atoms with Crippen LogP contribution in [-0.2, 0) is 6.54 Å². The molecule has 4 aromatic heterocycles. The maximum Gasteiger partial charge on any atom is 0.227 e. The van der Waals surface area contributed by atoms with Gasteiger partial charge in [-0.25, -0.2) is 19.9 Å². The molecule has 0 aliphatic rings. The van der Waals surface area contributed by atoms with Gasteiger partial charge in [-0.15, -0.1) is 0 Å². The second-order valence-corrected chi connectivity index (χ2v) is 8.13. The molecule has 10 nitrogen and oxygen atoms in total. The first-order chi connectivity index (χ1) is 17.7. The predicted molar refractivity (Wildman–Crippen MR) is 136 cm³/mol. The van der Waals surface area contributed by atoms with Crippen molar-refractivity contribution in [1.82, 2.24) is 34.5 Å². The van der Waals surface area contributed by atoms with Crippen molar-refractivity contribution >= 4 is 11.6 Å². The highest BCUT2D eigenvalue weighted by Crippen LogP contribution is 2.25. The van der Waals surface area contributed by atoms with Crippen molar-refractivity contribution in [3.8, 4) is 34.3 Å². The Balaban J connectivity index is 1.22. The van der Waals surface area contributed by atoms with Gasteiger partial charge in [0.15, 0.2) is 0 Å². The summed E-state index contributed by atoms with van der Waals surface area (Å²) in [5.74, 6) is 2.60. The molecule has 0 unspecified atom stereocenters. The largest absolute Gasteiger partial charge is 0.495 e. The minimum absolute atomic E-state index is 0.472. The van der Waals surface area contributed by atoms with Gasteiger partial charge in [-0.05, 0) is 37.6 Å². The van der Waals surface area contributed by atoms with Crippen LogP contribution in [0.5, 0.6) is 11.5 Å². The number of hydrogen-bond donors (Lipinski definition) is 2. The number of rotatable bonds is 10. The Hall–Kier alpha value is -4.73. The van der Waals surface area contributed by atoms with Crippen molar-refractivity contribution in [2.75, 3.05) is 19.0 Å². The summed E-state index contributed by atoms with van der Waals surface area (Å²) in [6, 6.07) is 11.4. The van der Waals surface area contributed by atoms with Gasteiger partial charge in [-0.2, -0.15) is 0 Å². The first-order valence-electron chi connectivity index (χ1n) is 11.5. The summed E-state index contributed by atoms with van der Waals surface area (Å²) in [7, 11) is 1.61. The summed E-state index contributed by atoms with van der Waals surface area (Å²) >= 11 is 0. The Morgan fingerprint density at radius 2 is 1.97 bits per heavy atom. The van der Waals surface area contributed by atoms with Crippen LogP contribution < -0.4 is 14.8 Å². The zero-order valence-corrected chi connectivity index (χ0v) is 20.0. The number of methoxy groups -OCH3 is 1. The van der Waals surface area contributed by atoms with Crippen LogP contribution in [0.25, 0.3) is 22.8 Å². The van der Waals surface area contributed by atoms with E-state index in [0.717, 1.165) is 41.4 Å². The fourth-order valence-electron chi connectivity index (χ4n) is 3.65. The van der Waals surface area contributed by atoms with E-state index in [1.807, 2.05) is 55.8 Å². The summed E-state index contributed by atoms with van der Waals surface area (Å²) in [6.45, 7) is 3.46. The fraction of sp³-hybridized carbons (Fsp3) is 0.192. The maximum atomic E-state index is 5.93. The molecule has 36 heavy (non-hydrogen) atoms. The number of benzene rings is 1. The lowest BCUT2D eigenvalue weighted by molar-refractivity contribution is 0.302. The van der Waals surface area contributed by atoms with Crippen LogP contribution in [0, 0.1) is 6.92 Å². The summed E-state index contributed by atoms with van der Waals surface area (Å²) in [5.41, 5.74) is 4.16. The van der Waals surface area contributed by atoms with Crippen molar-refractivity contribution in [3.63, 3.8) is 0 Å². The summed E-state index contributed by atoms with van der Waals surface area (Å²) in [4.78, 5) is 25.2. The van der Waals surface area contributed by atoms with E-state index in [1.165, 1.54) is 0 Å². The van der Waals surface area contributed by atoms with Gasteiger partial charge < -0.3 is 24.3 Å². The Morgan fingerprint density at radius 1 is 1.03 bits per heavy atom. The lowest BCUT2D eigenvalue weighted by Crippen LogP contribution is -2.03. The van der Waals surface area contributed by atoms with Crippen LogP contribution in [0.15, 0.2) is 73.7 Å². The molecule has 0 bridgehead atoms. The van der Waals surface area contributed by atoms with Crippen molar-refractivity contribution in [1.29, 1.82) is 0 Å². The van der Waals surface area contributed by atoms with Crippen molar-refractivity contribution in [3.05, 3.63) is 79.4 Å². The van der Waals surface area contributed by atoms with Crippen LogP contribution >= 0.6 is 0 Å². The molecule has 0 saturated heterocycles. The second-order valence-electron chi connectivity index (χ2n) is 8.13. The van der Waals surface area contributed by atoms with E-state index in [1.54, 1.807) is 31.9 Å². The van der Waals surface area contributed by atoms with E-state index < -0.39 is 0 Å². The van der Waals surface area contributed by atoms with E-state index in [9.17, 15) is 0 Å². The third-order valence-electron chi connectivity index (χ3n) is 5.41. The van der Waals surface area contributed by atoms with Crippen LogP contribution in [0.1, 0.15) is 12.1 Å². The third-order valence-corrected chi connectivity index (χ3v) is 5.41. The number of H-pyrrole nitrogens is 1. The van der Waals surface area contributed by atoms with Gasteiger partial charge in [0.25, 0.3) is 0 Å². The van der Waals surface area contributed by atoms with Crippen molar-refractivity contribution < 1.29 is 9.47 Å². The fourth-order valence-corrected chi connectivity index (χ4v) is 3.65. The summed E-state index contributed by atoms with van der Waals surface area (Å²) in [6.07, 6.45) is 11.6. The monoisotopic (exact) mass is 482 g/mol. The molecule has 0 atom stereocenters. The lowest BCUT2D eigenvalue weighted by atomic mass is 10.2. The van der Waals surface area contributed by atoms with Crippen LogP contribution in [0.4, 0.5) is 11.6 Å². The Morgan fingerprint density at radius 3 is 2.83 bits per heavy atom. The molecule has 0 saturated carbocycles. The highest BCUT2D eigenvalue weighted by molar-refractivity contribution is 5.64. The van der Waals surface area contributed by atoms with Gasteiger partial charge in [0.1, 0.15) is 17.3 Å². The van der Waals surface area contributed by atoms with Gasteiger partial charge in [-0.3, -0.25) is 4.98 Å². The number of hydrogen-bond acceptors (Lipinski definition) is 8. The first-order valence-corrected chi connectivity index (χ1v) is 11.5. The van der Waals surface area contributed by atoms with E-state index in [0.29, 0.717) is 29.8 Å². The zero-order valence-electron chi connectivity index (χ0n) is 20.0. The second kappa shape index (κ2) is 10.7. The smallest absolute Gasteiger partial charge is 0.227 e. The molecular formula is C26H26N8O2. The zero-order chi connectivity index (χ0) is 24.7. The number of nitrogens with zero attached hydrogens (tertiary/aromatic N) is 6. The third kappa shape index (κ3) is 5.66. The van der Waals surface area contributed by atoms with Crippen molar-refractivity contribution in [2.45, 2.75) is 19.9 Å². The molecule has 0 radical (unpaired) electrons. The number of pyridine rings is 1. The number of imidazole rings is 2. The molecule has 2 N–H and O–H groups in total. The molecule has 4 heterocycles. The van der Waals surface area contributed by atoms with Crippen LogP contribution in [-0.4, -0.2) is 48.2 Å². The van der Waals surface area contributed by atoms with Crippen LogP contribution in [0.2, 0.25) is 0 Å². The highest BCUT2D eigenvalue weighted by Gasteiger charge is 2.10. The summed E-state index contributed by atoms with van der Waals surface area (Å²) in [5, 5.41) is 3.25. The molecule has 1 aromatic carbocycles. The Bertz CT molecular complexity index is 1450. The molecule has 10 heteroatoms. The minimum Gasteiger partial charge on any atom is -0.495 e. The summed E-state index contributed by atoms with van der Waals surface area (Å²) < 4.78 is 13.2. The molecule has 0 aliphatic heterocycles. The molecule has 0 fully saturated rings. The topological polar surface area (TPSA) is 116 Å². The Labute approximate surface area is 208 Å². The quantitative estimate of drug-likeness (QED) is 0.276. The predicted octanol–water partition coefficient (Wildman–Crippen LogP) is 4.65. The highest BCUT2D eigenvalue weighted by atomic mass is 16.5. The van der Waals surface area contributed by atoms with Gasteiger partial charge in [0, 0.05) is 42.5 Å². The standard InChI is InChI=1S/C26H26N8O2/c1-18-16-34(17-30-18)9-4-10-36-21-6-3-5-20(12-21)31-26-28-8-7-23(33-26)24-15-29-25(32-24)19-11-22(35-2)14-27-13-19/h3,5-8,11-17H,4,9-10H2,1-2H3,(H,29,32)(H,28,31,33). The average molecular weight is 483 g/mol. The normalized spacial score (nSPS) is 10.8. The molecular weight excluding hydrogens is 456 g/mol. The number of aromatic nitrogens is 7. The maximum absolute atomic E-state index is 5.93. The minimum atomic E-state index is 0.472. The molecule has 5 rings (SSSR count). The molecule has 5 aromatic rings. The lowest BCUT2D eigenvalue weighted by Gasteiger charge is -2.10. The van der Waals surface area contributed by atoms with E-state index >= 15 is 0 Å². The number of aryl methyl sites for hydroxylation is 2. The molecule has 182 valence electrons. The number of ether oxygens (including phenoxy) is 2.